The van der Waals surface area contributed by atoms with E-state index < -0.39 is 12.1 Å². The van der Waals surface area contributed by atoms with Crippen LogP contribution in [0.4, 0.5) is 0 Å². The van der Waals surface area contributed by atoms with Crippen LogP contribution in [0, 0.1) is 0 Å². The number of rotatable bonds is 73. The molecule has 6 heteroatoms. The van der Waals surface area contributed by atoms with Gasteiger partial charge in [-0.15, -0.1) is 0 Å². The molecule has 0 saturated carbocycles. The van der Waals surface area contributed by atoms with Gasteiger partial charge >= 0.3 is 5.97 Å². The normalized spacial score (nSPS) is 12.7. The smallest absolute Gasteiger partial charge is 0.305 e. The summed E-state index contributed by atoms with van der Waals surface area (Å²) in [5, 5.41) is 23.2. The van der Waals surface area contributed by atoms with Gasteiger partial charge in [-0.1, -0.05) is 371 Å². The van der Waals surface area contributed by atoms with Crippen LogP contribution in [0.5, 0.6) is 0 Å². The molecule has 0 bridgehead atoms. The van der Waals surface area contributed by atoms with Gasteiger partial charge < -0.3 is 20.3 Å². The molecule has 2 atom stereocenters. The fourth-order valence-electron chi connectivity index (χ4n) is 12.1. The van der Waals surface area contributed by atoms with Crippen molar-refractivity contribution in [2.24, 2.45) is 0 Å². The molecule has 0 aliphatic rings. The number of aliphatic hydroxyl groups excluding tert-OH is 2. The zero-order valence-electron chi connectivity index (χ0n) is 58.1. The van der Waals surface area contributed by atoms with E-state index in [2.05, 4.69) is 55.6 Å². The quantitative estimate of drug-likeness (QED) is 0.0320. The highest BCUT2D eigenvalue weighted by Crippen LogP contribution is 2.19. The van der Waals surface area contributed by atoms with Crippen LogP contribution in [0.15, 0.2) is 48.6 Å². The minimum Gasteiger partial charge on any atom is -0.466 e. The molecule has 3 N–H and O–H groups in total. The Kier molecular flexibility index (Phi) is 73.4. The van der Waals surface area contributed by atoms with Gasteiger partial charge in [0, 0.05) is 12.8 Å². The Labute approximate surface area is 537 Å². The summed E-state index contributed by atoms with van der Waals surface area (Å²) in [6.45, 7) is 4.90. The first kappa shape index (κ1) is 83.8. The van der Waals surface area contributed by atoms with Crippen molar-refractivity contribution in [2.45, 2.75) is 437 Å². The highest BCUT2D eigenvalue weighted by Gasteiger charge is 2.18. The van der Waals surface area contributed by atoms with Crippen molar-refractivity contribution in [2.75, 3.05) is 13.2 Å². The molecule has 0 fully saturated rings. The van der Waals surface area contributed by atoms with Crippen LogP contribution >= 0.6 is 0 Å². The maximum atomic E-state index is 12.5. The molecule has 2 unspecified atom stereocenters. The largest absolute Gasteiger partial charge is 0.466 e. The first-order valence-corrected chi connectivity index (χ1v) is 38.9. The minimum atomic E-state index is -0.841. The van der Waals surface area contributed by atoms with E-state index in [-0.39, 0.29) is 18.5 Å². The van der Waals surface area contributed by atoms with Crippen molar-refractivity contribution in [3.8, 4) is 0 Å². The standard InChI is InChI=1S/C80H151NO5/c1-3-5-7-9-11-13-15-17-44-48-52-56-60-64-68-72-78(83)77(76-82)81-79(84)73-69-65-61-57-53-49-46-42-40-38-36-34-32-30-28-26-24-22-20-19-21-23-25-27-29-31-33-35-37-39-41-43-47-51-55-59-63-67-71-75-86-80(85)74-70-66-62-58-54-50-45-18-16-14-12-10-8-6-4-2/h12,14,18-20,45,68,72,77-78,82-83H,3-11,13,15-17,21-44,46-67,69-71,73-76H2,1-2H3,(H,81,84)/b14-12-,20-19-,45-18-,72-68+. The molecule has 0 heterocycles. The fourth-order valence-corrected chi connectivity index (χ4v) is 12.1. The second-order valence-electron chi connectivity index (χ2n) is 26.7. The molecular weight excluding hydrogens is 1050 g/mol. The molecule has 506 valence electrons. The third-order valence-electron chi connectivity index (χ3n) is 18.1. The van der Waals surface area contributed by atoms with Gasteiger partial charge in [0.15, 0.2) is 0 Å². The lowest BCUT2D eigenvalue weighted by atomic mass is 10.0. The molecule has 0 aromatic carbocycles. The number of unbranched alkanes of at least 4 members (excludes halogenated alkanes) is 56. The topological polar surface area (TPSA) is 95.9 Å². The zero-order valence-corrected chi connectivity index (χ0v) is 58.1. The van der Waals surface area contributed by atoms with E-state index in [1.807, 2.05) is 6.08 Å². The number of ether oxygens (including phenoxy) is 1. The molecule has 6 nitrogen and oxygen atoms in total. The molecule has 0 aliphatic carbocycles. The number of esters is 1. The number of aliphatic hydroxyl groups is 2. The van der Waals surface area contributed by atoms with Crippen LogP contribution in [0.2, 0.25) is 0 Å². The van der Waals surface area contributed by atoms with Crippen LogP contribution in [-0.2, 0) is 14.3 Å². The van der Waals surface area contributed by atoms with Gasteiger partial charge in [0.1, 0.15) is 0 Å². The number of carbonyl (C=O) groups excluding carboxylic acids is 2. The Hall–Kier alpha value is -2.18. The van der Waals surface area contributed by atoms with Gasteiger partial charge in [0.25, 0.3) is 0 Å². The molecular formula is C80H151NO5. The SMILES string of the molecule is CCCCC/C=C\C/C=C\CCCCCCCC(=O)OCCCCCCCCCCCCCCCCCCCC/C=C\CCCCCCCCCCCCCCCCCCCC(=O)NC(CO)C(O)/C=C/CCCCCCCCCCCCCCC. The van der Waals surface area contributed by atoms with Crippen LogP contribution < -0.4 is 5.32 Å². The molecule has 0 aliphatic heterocycles. The lowest BCUT2D eigenvalue weighted by Crippen LogP contribution is -2.45. The summed E-state index contributed by atoms with van der Waals surface area (Å²) < 4.78 is 5.49. The maximum Gasteiger partial charge on any atom is 0.305 e. The Bertz CT molecular complexity index is 1440. The predicted octanol–water partition coefficient (Wildman–Crippen LogP) is 25.6. The number of hydrogen-bond donors (Lipinski definition) is 3. The van der Waals surface area contributed by atoms with E-state index in [0.29, 0.717) is 19.4 Å². The highest BCUT2D eigenvalue weighted by molar-refractivity contribution is 5.76. The van der Waals surface area contributed by atoms with Gasteiger partial charge in [0.05, 0.1) is 25.4 Å². The van der Waals surface area contributed by atoms with E-state index in [4.69, 9.17) is 4.74 Å². The number of amides is 1. The van der Waals surface area contributed by atoms with Gasteiger partial charge in [-0.2, -0.15) is 0 Å². The molecule has 86 heavy (non-hydrogen) atoms. The lowest BCUT2D eigenvalue weighted by Gasteiger charge is -2.20. The molecule has 0 radical (unpaired) electrons. The van der Waals surface area contributed by atoms with Crippen molar-refractivity contribution < 1.29 is 24.5 Å². The summed E-state index contributed by atoms with van der Waals surface area (Å²) in [6, 6.07) is -0.625. The van der Waals surface area contributed by atoms with Crippen LogP contribution in [-0.4, -0.2) is 47.4 Å². The second-order valence-corrected chi connectivity index (χ2v) is 26.7. The number of hydrogen-bond acceptors (Lipinski definition) is 5. The van der Waals surface area contributed by atoms with Crippen LogP contribution in [0.25, 0.3) is 0 Å². The molecule has 0 spiro atoms. The monoisotopic (exact) mass is 1210 g/mol. The number of nitrogens with one attached hydrogen (secondary N) is 1. The van der Waals surface area contributed by atoms with E-state index in [0.717, 1.165) is 51.4 Å². The summed E-state index contributed by atoms with van der Waals surface area (Å²) in [7, 11) is 0. The molecule has 0 rings (SSSR count). The predicted molar refractivity (Wildman–Crippen MR) is 379 cm³/mol. The Balaban J connectivity index is 3.33. The molecule has 0 aromatic rings. The van der Waals surface area contributed by atoms with Gasteiger partial charge in [-0.25, -0.2) is 0 Å². The third-order valence-corrected chi connectivity index (χ3v) is 18.1. The summed E-state index contributed by atoms with van der Waals surface area (Å²) in [5.41, 5.74) is 0. The number of allylic oxidation sites excluding steroid dienone is 7. The number of carbonyl (C=O) groups is 2. The van der Waals surface area contributed by atoms with Crippen molar-refractivity contribution >= 4 is 11.9 Å². The third kappa shape index (κ3) is 70.9. The Morgan fingerprint density at radius 2 is 0.581 bits per heavy atom. The van der Waals surface area contributed by atoms with Gasteiger partial charge in [-0.3, -0.25) is 9.59 Å². The minimum absolute atomic E-state index is 0.00847. The molecule has 1 amide bonds. The second kappa shape index (κ2) is 75.3. The van der Waals surface area contributed by atoms with Crippen molar-refractivity contribution in [3.05, 3.63) is 48.6 Å². The van der Waals surface area contributed by atoms with E-state index in [9.17, 15) is 19.8 Å². The highest BCUT2D eigenvalue weighted by atomic mass is 16.5. The van der Waals surface area contributed by atoms with E-state index in [1.165, 1.54) is 347 Å². The average Bonchev–Trinajstić information content (AvgIpc) is 3.54. The molecule has 0 saturated heterocycles. The van der Waals surface area contributed by atoms with Gasteiger partial charge in [0.2, 0.25) is 5.91 Å². The first-order valence-electron chi connectivity index (χ1n) is 38.9. The summed E-state index contributed by atoms with van der Waals surface area (Å²) >= 11 is 0. The Morgan fingerprint density at radius 1 is 0.326 bits per heavy atom. The zero-order chi connectivity index (χ0) is 62.0. The Morgan fingerprint density at radius 3 is 0.919 bits per heavy atom. The lowest BCUT2D eigenvalue weighted by molar-refractivity contribution is -0.143. The first-order chi connectivity index (χ1) is 42.5. The van der Waals surface area contributed by atoms with Crippen molar-refractivity contribution in [1.82, 2.24) is 5.32 Å². The maximum absolute atomic E-state index is 12.5. The van der Waals surface area contributed by atoms with E-state index >= 15 is 0 Å². The average molecular weight is 1210 g/mol. The van der Waals surface area contributed by atoms with Gasteiger partial charge in [-0.05, 0) is 89.9 Å². The van der Waals surface area contributed by atoms with Crippen LogP contribution in [0.3, 0.4) is 0 Å². The van der Waals surface area contributed by atoms with Crippen molar-refractivity contribution in [1.29, 1.82) is 0 Å². The van der Waals surface area contributed by atoms with Crippen LogP contribution in [0.1, 0.15) is 425 Å². The summed E-state index contributed by atoms with van der Waals surface area (Å²) in [5.74, 6) is -0.0528. The summed E-state index contributed by atoms with van der Waals surface area (Å²) in [6.07, 6.45) is 99.5. The molecule has 0 aromatic heterocycles. The fraction of sp³-hybridized carbons (Fsp3) is 0.875. The van der Waals surface area contributed by atoms with Crippen molar-refractivity contribution in [3.63, 3.8) is 0 Å². The summed E-state index contributed by atoms with van der Waals surface area (Å²) in [4.78, 5) is 24.6. The van der Waals surface area contributed by atoms with E-state index in [1.54, 1.807) is 6.08 Å².